The molecule has 3 aromatic rings. The standard InChI is InChI=1S/C23H24FN5O5S/c1-3-34-23(31)28-35(32,33)29-10-7-14(8-11-29)20-13-18-16(6-9-26-21(18)27-20)17-5-4-15(12-19(17)24)22(30)25-2/h4-7,9,12-13H,3,8,10-11H2,1-2H3,(H,25,30)(H,26,27)(H,28,31). The van der Waals surface area contributed by atoms with Gasteiger partial charge >= 0.3 is 16.3 Å². The molecular formula is C23H24FN5O5S. The van der Waals surface area contributed by atoms with Crippen molar-refractivity contribution in [2.24, 2.45) is 0 Å². The Labute approximate surface area is 201 Å². The summed E-state index contributed by atoms with van der Waals surface area (Å²) in [5.41, 5.74) is 3.31. The van der Waals surface area contributed by atoms with Crippen LogP contribution in [0.25, 0.3) is 27.7 Å². The van der Waals surface area contributed by atoms with E-state index in [2.05, 4.69) is 20.0 Å². The van der Waals surface area contributed by atoms with Crippen molar-refractivity contribution in [2.75, 3.05) is 26.7 Å². The van der Waals surface area contributed by atoms with Crippen molar-refractivity contribution < 1.29 is 27.1 Å². The van der Waals surface area contributed by atoms with Gasteiger partial charge in [-0.1, -0.05) is 12.1 Å². The molecular weight excluding hydrogens is 477 g/mol. The number of nitrogens with one attached hydrogen (secondary N) is 3. The van der Waals surface area contributed by atoms with Crippen LogP contribution in [0.3, 0.4) is 0 Å². The van der Waals surface area contributed by atoms with E-state index in [9.17, 15) is 22.4 Å². The van der Waals surface area contributed by atoms with Crippen LogP contribution in [0.5, 0.6) is 0 Å². The van der Waals surface area contributed by atoms with Gasteiger partial charge in [-0.15, -0.1) is 0 Å². The highest BCUT2D eigenvalue weighted by Gasteiger charge is 2.27. The molecule has 0 spiro atoms. The van der Waals surface area contributed by atoms with Crippen LogP contribution in [0.1, 0.15) is 29.4 Å². The zero-order valence-corrected chi connectivity index (χ0v) is 19.9. The van der Waals surface area contributed by atoms with Crippen LogP contribution in [0.4, 0.5) is 9.18 Å². The smallest absolute Gasteiger partial charge is 0.421 e. The molecule has 3 heterocycles. The Balaban J connectivity index is 1.60. The number of benzene rings is 1. The number of rotatable bonds is 6. The molecule has 4 rings (SSSR count). The number of nitrogens with zero attached hydrogens (tertiary/aromatic N) is 2. The predicted octanol–water partition coefficient (Wildman–Crippen LogP) is 2.81. The lowest BCUT2D eigenvalue weighted by atomic mass is 10.00. The fraction of sp³-hybridized carbons (Fsp3) is 0.261. The van der Waals surface area contributed by atoms with Gasteiger partial charge in [-0.25, -0.2) is 18.9 Å². The van der Waals surface area contributed by atoms with E-state index in [1.807, 2.05) is 10.8 Å². The number of carbonyl (C=O) groups is 2. The Morgan fingerprint density at radius 2 is 2.03 bits per heavy atom. The summed E-state index contributed by atoms with van der Waals surface area (Å²) < 4.78 is 47.3. The van der Waals surface area contributed by atoms with Gasteiger partial charge in [0.25, 0.3) is 5.91 Å². The van der Waals surface area contributed by atoms with Crippen molar-refractivity contribution in [1.29, 1.82) is 0 Å². The average Bonchev–Trinajstić information content (AvgIpc) is 3.28. The van der Waals surface area contributed by atoms with Crippen LogP contribution in [0.2, 0.25) is 0 Å². The summed E-state index contributed by atoms with van der Waals surface area (Å²) in [7, 11) is -2.54. The molecule has 0 radical (unpaired) electrons. The number of aromatic nitrogens is 2. The first-order valence-corrected chi connectivity index (χ1v) is 12.3. The zero-order chi connectivity index (χ0) is 25.2. The first-order valence-electron chi connectivity index (χ1n) is 10.9. The number of pyridine rings is 1. The molecule has 1 aliphatic heterocycles. The third-order valence-corrected chi connectivity index (χ3v) is 7.06. The van der Waals surface area contributed by atoms with Crippen LogP contribution in [-0.2, 0) is 14.9 Å². The van der Waals surface area contributed by atoms with Crippen molar-refractivity contribution in [1.82, 2.24) is 24.3 Å². The van der Waals surface area contributed by atoms with Gasteiger partial charge in [0, 0.05) is 48.5 Å². The van der Waals surface area contributed by atoms with Gasteiger partial charge in [0.1, 0.15) is 11.5 Å². The maximum Gasteiger partial charge on any atom is 0.421 e. The Hall–Kier alpha value is -3.77. The topological polar surface area (TPSA) is 133 Å². The van der Waals surface area contributed by atoms with E-state index in [4.69, 9.17) is 0 Å². The zero-order valence-electron chi connectivity index (χ0n) is 19.1. The summed E-state index contributed by atoms with van der Waals surface area (Å²) in [5, 5.41) is 3.16. The maximum absolute atomic E-state index is 14.9. The molecule has 0 bridgehead atoms. The van der Waals surface area contributed by atoms with Crippen molar-refractivity contribution in [3.63, 3.8) is 0 Å². The molecule has 0 saturated carbocycles. The van der Waals surface area contributed by atoms with Gasteiger partial charge in [-0.05, 0) is 48.7 Å². The van der Waals surface area contributed by atoms with E-state index < -0.39 is 22.1 Å². The first-order chi connectivity index (χ1) is 16.7. The molecule has 184 valence electrons. The Kier molecular flexibility index (Phi) is 6.85. The minimum Gasteiger partial charge on any atom is -0.449 e. The summed E-state index contributed by atoms with van der Waals surface area (Å²) in [5.74, 6) is -0.912. The third kappa shape index (κ3) is 5.03. The summed E-state index contributed by atoms with van der Waals surface area (Å²) in [4.78, 5) is 30.9. The second-order valence-electron chi connectivity index (χ2n) is 7.74. The minimum absolute atomic E-state index is 0.0595. The number of aromatic amines is 1. The molecule has 35 heavy (non-hydrogen) atoms. The lowest BCUT2D eigenvalue weighted by Gasteiger charge is -2.25. The summed E-state index contributed by atoms with van der Waals surface area (Å²) in [6.45, 7) is 1.86. The normalized spacial score (nSPS) is 14.4. The van der Waals surface area contributed by atoms with Crippen LogP contribution < -0.4 is 10.0 Å². The van der Waals surface area contributed by atoms with Crippen molar-refractivity contribution in [3.8, 4) is 11.1 Å². The fourth-order valence-corrected chi connectivity index (χ4v) is 4.90. The number of ether oxygens (including phenoxy) is 1. The molecule has 0 aliphatic carbocycles. The number of H-pyrrole nitrogens is 1. The molecule has 0 atom stereocenters. The maximum atomic E-state index is 14.9. The van der Waals surface area contributed by atoms with E-state index in [-0.39, 0.29) is 31.2 Å². The molecule has 1 aromatic carbocycles. The van der Waals surface area contributed by atoms with E-state index in [1.54, 1.807) is 37.4 Å². The molecule has 0 unspecified atom stereocenters. The Morgan fingerprint density at radius 3 is 2.69 bits per heavy atom. The Bertz CT molecular complexity index is 1430. The van der Waals surface area contributed by atoms with Crippen LogP contribution in [0.15, 0.2) is 42.6 Å². The first kappa shape index (κ1) is 24.4. The number of amides is 2. The fourth-order valence-electron chi connectivity index (χ4n) is 3.90. The van der Waals surface area contributed by atoms with Gasteiger partial charge in [-0.3, -0.25) is 4.79 Å². The number of halogens is 1. The molecule has 1 aliphatic rings. The number of hydrogen-bond acceptors (Lipinski definition) is 6. The lowest BCUT2D eigenvalue weighted by Crippen LogP contribution is -2.45. The second kappa shape index (κ2) is 9.84. The Morgan fingerprint density at radius 1 is 1.23 bits per heavy atom. The largest absolute Gasteiger partial charge is 0.449 e. The molecule has 10 nitrogen and oxygen atoms in total. The SMILES string of the molecule is CCOC(=O)NS(=O)(=O)N1CC=C(c2cc3c(-c4ccc(C(=O)NC)cc4F)ccnc3[nH]2)CC1. The van der Waals surface area contributed by atoms with Crippen LogP contribution in [-0.4, -0.2) is 61.4 Å². The molecule has 12 heteroatoms. The van der Waals surface area contributed by atoms with E-state index in [0.29, 0.717) is 28.6 Å². The molecule has 3 N–H and O–H groups in total. The summed E-state index contributed by atoms with van der Waals surface area (Å²) in [6, 6.07) is 7.84. The van der Waals surface area contributed by atoms with Gasteiger partial charge < -0.3 is 15.0 Å². The highest BCUT2D eigenvalue weighted by Crippen LogP contribution is 2.33. The lowest BCUT2D eigenvalue weighted by molar-refractivity contribution is 0.0962. The monoisotopic (exact) mass is 501 g/mol. The highest BCUT2D eigenvalue weighted by molar-refractivity contribution is 7.87. The minimum atomic E-state index is -4.02. The quantitative estimate of drug-likeness (QED) is 0.476. The molecule has 2 amide bonds. The van der Waals surface area contributed by atoms with Gasteiger partial charge in [-0.2, -0.15) is 12.7 Å². The van der Waals surface area contributed by atoms with E-state index in [1.165, 1.54) is 13.1 Å². The molecule has 0 saturated heterocycles. The number of fused-ring (bicyclic) bond motifs is 1. The van der Waals surface area contributed by atoms with Crippen LogP contribution >= 0.6 is 0 Å². The summed E-state index contributed by atoms with van der Waals surface area (Å²) >= 11 is 0. The van der Waals surface area contributed by atoms with E-state index in [0.717, 1.165) is 15.6 Å². The predicted molar refractivity (Wildman–Crippen MR) is 128 cm³/mol. The van der Waals surface area contributed by atoms with Gasteiger partial charge in [0.15, 0.2) is 0 Å². The summed E-state index contributed by atoms with van der Waals surface area (Å²) in [6.07, 6.45) is 2.68. The van der Waals surface area contributed by atoms with Crippen LogP contribution in [0, 0.1) is 5.82 Å². The van der Waals surface area contributed by atoms with Gasteiger partial charge in [0.2, 0.25) is 0 Å². The highest BCUT2D eigenvalue weighted by atomic mass is 32.2. The third-order valence-electron chi connectivity index (χ3n) is 5.63. The van der Waals surface area contributed by atoms with Crippen molar-refractivity contribution in [2.45, 2.75) is 13.3 Å². The second-order valence-corrected chi connectivity index (χ2v) is 9.41. The number of carbonyl (C=O) groups excluding carboxylic acids is 2. The van der Waals surface area contributed by atoms with Gasteiger partial charge in [0.05, 0.1) is 6.61 Å². The average molecular weight is 502 g/mol. The van der Waals surface area contributed by atoms with Crippen molar-refractivity contribution >= 4 is 38.8 Å². The molecule has 0 fully saturated rings. The number of hydrogen-bond donors (Lipinski definition) is 3. The molecule has 2 aromatic heterocycles. The van der Waals surface area contributed by atoms with E-state index >= 15 is 0 Å². The van der Waals surface area contributed by atoms with Crippen molar-refractivity contribution in [3.05, 3.63) is 59.7 Å².